The van der Waals surface area contributed by atoms with Crippen LogP contribution in [0.25, 0.3) is 10.9 Å². The van der Waals surface area contributed by atoms with Crippen LogP contribution in [0.15, 0.2) is 48.7 Å². The number of aromatic nitrogens is 1. The minimum absolute atomic E-state index is 0.113. The smallest absolute Gasteiger partial charge is 0.295 e. The number of ether oxygens (including phenoxy) is 1. The van der Waals surface area contributed by atoms with Crippen molar-refractivity contribution in [2.45, 2.75) is 6.92 Å². The normalized spacial score (nSPS) is 10.5. The van der Waals surface area contributed by atoms with Gasteiger partial charge in [-0.15, -0.1) is 0 Å². The topological polar surface area (TPSA) is 94.4 Å². The summed E-state index contributed by atoms with van der Waals surface area (Å²) in [5, 5.41) is 14.3. The zero-order valence-electron chi connectivity index (χ0n) is 13.7. The summed E-state index contributed by atoms with van der Waals surface area (Å²) >= 11 is 6.30. The lowest BCUT2D eigenvalue weighted by Crippen LogP contribution is -2.13. The number of halogens is 1. The van der Waals surface area contributed by atoms with Crippen LogP contribution < -0.4 is 10.1 Å². The quantitative estimate of drug-likeness (QED) is 0.528. The van der Waals surface area contributed by atoms with Gasteiger partial charge in [-0.2, -0.15) is 0 Å². The average molecular weight is 372 g/mol. The maximum absolute atomic E-state index is 12.5. The number of hydrogen-bond donors (Lipinski definition) is 1. The molecular formula is C18H14ClN3O4. The number of pyridine rings is 1. The van der Waals surface area contributed by atoms with Gasteiger partial charge in [-0.3, -0.25) is 14.9 Å². The second-order valence-corrected chi connectivity index (χ2v) is 5.71. The number of rotatable bonds is 5. The van der Waals surface area contributed by atoms with E-state index in [0.717, 1.165) is 0 Å². The van der Waals surface area contributed by atoms with Gasteiger partial charge >= 0.3 is 0 Å². The van der Waals surface area contributed by atoms with Crippen LogP contribution in [0.2, 0.25) is 5.02 Å². The summed E-state index contributed by atoms with van der Waals surface area (Å²) in [7, 11) is 0. The number of nitro benzene ring substituents is 1. The number of para-hydroxylation sites is 1. The van der Waals surface area contributed by atoms with Crippen LogP contribution >= 0.6 is 11.6 Å². The van der Waals surface area contributed by atoms with Gasteiger partial charge in [0.15, 0.2) is 0 Å². The van der Waals surface area contributed by atoms with E-state index >= 15 is 0 Å². The number of nitrogens with zero attached hydrogens (tertiary/aromatic N) is 2. The first-order valence-corrected chi connectivity index (χ1v) is 8.15. The number of hydrogen-bond acceptors (Lipinski definition) is 5. The molecule has 1 amide bonds. The maximum atomic E-state index is 12.5. The third-order valence-electron chi connectivity index (χ3n) is 3.67. The van der Waals surface area contributed by atoms with Crippen LogP contribution in [0.4, 0.5) is 11.4 Å². The second-order valence-electron chi connectivity index (χ2n) is 5.33. The molecule has 0 saturated heterocycles. The molecule has 0 spiro atoms. The van der Waals surface area contributed by atoms with E-state index in [-0.39, 0.29) is 21.8 Å². The number of nitrogens with one attached hydrogen (secondary N) is 1. The number of fused-ring (bicyclic) bond motifs is 1. The van der Waals surface area contributed by atoms with Crippen molar-refractivity contribution >= 4 is 39.8 Å². The molecule has 0 unspecified atom stereocenters. The van der Waals surface area contributed by atoms with Crippen LogP contribution in [-0.4, -0.2) is 22.4 Å². The Balaban J connectivity index is 1.91. The highest BCUT2D eigenvalue weighted by Gasteiger charge is 2.19. The largest absolute Gasteiger partial charge is 0.494 e. The Hall–Kier alpha value is -3.19. The first-order chi connectivity index (χ1) is 12.5. The van der Waals surface area contributed by atoms with E-state index in [1.54, 1.807) is 30.3 Å². The summed E-state index contributed by atoms with van der Waals surface area (Å²) in [5.74, 6) is 0.239. The number of amides is 1. The van der Waals surface area contributed by atoms with E-state index in [4.69, 9.17) is 16.3 Å². The summed E-state index contributed by atoms with van der Waals surface area (Å²) in [5.41, 5.74) is 0.671. The van der Waals surface area contributed by atoms with Gasteiger partial charge in [-0.1, -0.05) is 23.7 Å². The van der Waals surface area contributed by atoms with Gasteiger partial charge in [0.25, 0.3) is 11.6 Å². The summed E-state index contributed by atoms with van der Waals surface area (Å²) < 4.78 is 5.35. The SMILES string of the molecule is CCOc1ccc(NC(=O)c2cnc3c([N+](=O)[O-])cccc3c2Cl)cc1. The number of nitro groups is 1. The van der Waals surface area contributed by atoms with Crippen molar-refractivity contribution in [1.82, 2.24) is 4.98 Å². The molecule has 132 valence electrons. The van der Waals surface area contributed by atoms with Crippen molar-refractivity contribution in [1.29, 1.82) is 0 Å². The number of non-ortho nitro benzene ring substituents is 1. The van der Waals surface area contributed by atoms with E-state index in [9.17, 15) is 14.9 Å². The Morgan fingerprint density at radius 2 is 2.00 bits per heavy atom. The van der Waals surface area contributed by atoms with Gasteiger partial charge < -0.3 is 10.1 Å². The molecule has 0 bridgehead atoms. The van der Waals surface area contributed by atoms with E-state index in [0.29, 0.717) is 23.4 Å². The van der Waals surface area contributed by atoms with Crippen molar-refractivity contribution < 1.29 is 14.5 Å². The van der Waals surface area contributed by atoms with Crippen LogP contribution in [0.1, 0.15) is 17.3 Å². The predicted octanol–water partition coefficient (Wildman–Crippen LogP) is 4.45. The molecule has 1 aromatic heterocycles. The highest BCUT2D eigenvalue weighted by Crippen LogP contribution is 2.31. The average Bonchev–Trinajstić information content (AvgIpc) is 2.63. The number of benzene rings is 2. The molecule has 1 N–H and O–H groups in total. The predicted molar refractivity (Wildman–Crippen MR) is 99.0 cm³/mol. The van der Waals surface area contributed by atoms with Crippen LogP contribution in [0.5, 0.6) is 5.75 Å². The van der Waals surface area contributed by atoms with E-state index in [1.807, 2.05) is 6.92 Å². The van der Waals surface area contributed by atoms with Crippen molar-refractivity contribution in [3.05, 3.63) is 69.4 Å². The monoisotopic (exact) mass is 371 g/mol. The molecule has 0 fully saturated rings. The van der Waals surface area contributed by atoms with Crippen LogP contribution in [0.3, 0.4) is 0 Å². The second kappa shape index (κ2) is 7.37. The molecular weight excluding hydrogens is 358 g/mol. The minimum Gasteiger partial charge on any atom is -0.494 e. The Morgan fingerprint density at radius 1 is 1.27 bits per heavy atom. The first kappa shape index (κ1) is 17.6. The molecule has 0 saturated carbocycles. The van der Waals surface area contributed by atoms with Crippen LogP contribution in [0, 0.1) is 10.1 Å². The minimum atomic E-state index is -0.536. The molecule has 3 rings (SSSR count). The molecule has 0 atom stereocenters. The zero-order chi connectivity index (χ0) is 18.7. The zero-order valence-corrected chi connectivity index (χ0v) is 14.5. The van der Waals surface area contributed by atoms with E-state index in [2.05, 4.69) is 10.3 Å². The Kier molecular flexibility index (Phi) is 4.99. The highest BCUT2D eigenvalue weighted by atomic mass is 35.5. The van der Waals surface area contributed by atoms with E-state index < -0.39 is 10.8 Å². The van der Waals surface area contributed by atoms with Gasteiger partial charge in [0.2, 0.25) is 0 Å². The van der Waals surface area contributed by atoms with Gasteiger partial charge in [-0.25, -0.2) is 4.98 Å². The summed E-state index contributed by atoms with van der Waals surface area (Å²) in [6.07, 6.45) is 1.24. The molecule has 3 aromatic rings. The molecule has 8 heteroatoms. The lowest BCUT2D eigenvalue weighted by atomic mass is 10.1. The molecule has 1 heterocycles. The van der Waals surface area contributed by atoms with Gasteiger partial charge in [0.1, 0.15) is 11.3 Å². The third kappa shape index (κ3) is 3.43. The number of carbonyl (C=O) groups excluding carboxylic acids is 1. The summed E-state index contributed by atoms with van der Waals surface area (Å²) in [6.45, 7) is 2.44. The number of carbonyl (C=O) groups is 1. The standard InChI is InChI=1S/C18H14ClN3O4/c1-2-26-12-8-6-11(7-9-12)21-18(23)14-10-20-17-13(16(14)19)4-3-5-15(17)22(24)25/h3-10H,2H2,1H3,(H,21,23). The molecule has 0 aliphatic rings. The Labute approximate surface area is 153 Å². The van der Waals surface area contributed by atoms with Gasteiger partial charge in [-0.05, 0) is 31.2 Å². The fourth-order valence-electron chi connectivity index (χ4n) is 2.48. The fraction of sp³-hybridized carbons (Fsp3) is 0.111. The number of anilines is 1. The van der Waals surface area contributed by atoms with Gasteiger partial charge in [0, 0.05) is 23.3 Å². The highest BCUT2D eigenvalue weighted by molar-refractivity contribution is 6.39. The molecule has 26 heavy (non-hydrogen) atoms. The van der Waals surface area contributed by atoms with Crippen molar-refractivity contribution in [3.63, 3.8) is 0 Å². The maximum Gasteiger partial charge on any atom is 0.295 e. The van der Waals surface area contributed by atoms with E-state index in [1.165, 1.54) is 18.3 Å². The Morgan fingerprint density at radius 3 is 2.65 bits per heavy atom. The lowest BCUT2D eigenvalue weighted by molar-refractivity contribution is -0.383. The fourth-order valence-corrected chi connectivity index (χ4v) is 2.77. The Bertz CT molecular complexity index is 990. The van der Waals surface area contributed by atoms with Gasteiger partial charge in [0.05, 0.1) is 22.1 Å². The first-order valence-electron chi connectivity index (χ1n) is 7.77. The van der Waals surface area contributed by atoms with Crippen molar-refractivity contribution in [3.8, 4) is 5.75 Å². The third-order valence-corrected chi connectivity index (χ3v) is 4.08. The molecule has 0 radical (unpaired) electrons. The molecule has 0 aliphatic heterocycles. The molecule has 2 aromatic carbocycles. The summed E-state index contributed by atoms with van der Waals surface area (Å²) in [6, 6.07) is 11.3. The summed E-state index contributed by atoms with van der Waals surface area (Å²) in [4.78, 5) is 27.1. The molecule has 7 nitrogen and oxygen atoms in total. The molecule has 0 aliphatic carbocycles. The van der Waals surface area contributed by atoms with Crippen LogP contribution in [-0.2, 0) is 0 Å². The van der Waals surface area contributed by atoms with Crippen molar-refractivity contribution in [2.24, 2.45) is 0 Å². The van der Waals surface area contributed by atoms with Crippen molar-refractivity contribution in [2.75, 3.05) is 11.9 Å². The lowest BCUT2D eigenvalue weighted by Gasteiger charge is -2.09.